The van der Waals surface area contributed by atoms with Crippen LogP contribution < -0.4 is 16.0 Å². The maximum absolute atomic E-state index is 14.3. The van der Waals surface area contributed by atoms with Gasteiger partial charge in [-0.2, -0.15) is 0 Å². The number of nitrogens with one attached hydrogen (secondary N) is 1. The first-order valence-electron chi connectivity index (χ1n) is 6.70. The van der Waals surface area contributed by atoms with Crippen LogP contribution in [0.15, 0.2) is 21.7 Å². The molecule has 0 amide bonds. The first-order valence-corrected chi connectivity index (χ1v) is 8.97. The fourth-order valence-electron chi connectivity index (χ4n) is 2.15. The molecule has 2 rings (SSSR count). The van der Waals surface area contributed by atoms with Gasteiger partial charge in [-0.05, 0) is 26.0 Å². The molecule has 0 saturated carbocycles. The Bertz CT molecular complexity index is 1020. The second-order valence-corrected chi connectivity index (χ2v) is 7.51. The minimum atomic E-state index is -3.68. The molecule has 0 unspecified atom stereocenters. The Morgan fingerprint density at radius 1 is 1.21 bits per heavy atom. The number of halogens is 2. The molecule has 1 heterocycles. The molecule has 10 heteroatoms. The molecular formula is C14H15ClFN3O4S. The lowest BCUT2D eigenvalue weighted by Crippen LogP contribution is -2.40. The van der Waals surface area contributed by atoms with E-state index in [2.05, 4.69) is 4.72 Å². The normalized spacial score (nSPS) is 11.6. The van der Waals surface area contributed by atoms with Gasteiger partial charge in [-0.3, -0.25) is 9.52 Å². The zero-order chi connectivity index (χ0) is 18.4. The lowest BCUT2D eigenvalue weighted by atomic mass is 10.2. The van der Waals surface area contributed by atoms with E-state index in [1.54, 1.807) is 6.92 Å². The zero-order valence-electron chi connectivity index (χ0n) is 13.3. The maximum Gasteiger partial charge on any atom is 0.335 e. The molecule has 0 radical (unpaired) electrons. The van der Waals surface area contributed by atoms with Crippen molar-refractivity contribution in [1.29, 1.82) is 0 Å². The van der Waals surface area contributed by atoms with Crippen molar-refractivity contribution in [2.45, 2.75) is 13.8 Å². The molecule has 0 aliphatic rings. The van der Waals surface area contributed by atoms with E-state index in [1.165, 1.54) is 18.5 Å². The summed E-state index contributed by atoms with van der Waals surface area (Å²) in [6, 6.07) is 1.85. The molecule has 7 nitrogen and oxygen atoms in total. The number of nitrogens with zero attached hydrogens (tertiary/aromatic N) is 2. The highest BCUT2D eigenvalue weighted by Crippen LogP contribution is 2.27. The van der Waals surface area contributed by atoms with Crippen LogP contribution in [0, 0.1) is 19.7 Å². The summed E-state index contributed by atoms with van der Waals surface area (Å²) in [6.45, 7) is 3.11. The molecule has 1 N–H and O–H groups in total. The van der Waals surface area contributed by atoms with Crippen molar-refractivity contribution >= 4 is 27.3 Å². The summed E-state index contributed by atoms with van der Waals surface area (Å²) in [5, 5.41) is -0.199. The van der Waals surface area contributed by atoms with Crippen LogP contribution in [0.4, 0.5) is 10.1 Å². The second kappa shape index (κ2) is 6.06. The molecule has 0 aliphatic heterocycles. The van der Waals surface area contributed by atoms with Crippen molar-refractivity contribution in [3.63, 3.8) is 0 Å². The Hall–Kier alpha value is -2.13. The van der Waals surface area contributed by atoms with E-state index in [0.717, 1.165) is 18.4 Å². The summed E-state index contributed by atoms with van der Waals surface area (Å²) < 4.78 is 41.0. The topological polar surface area (TPSA) is 90.2 Å². The predicted molar refractivity (Wildman–Crippen MR) is 90.2 cm³/mol. The van der Waals surface area contributed by atoms with Crippen LogP contribution in [0.3, 0.4) is 0 Å². The SMILES string of the molecule is Cc1c(C)n(C)c(=O)n(-c2cc(NS(C)(=O)=O)c(Cl)cc2F)c1=O. The third-order valence-corrected chi connectivity index (χ3v) is 4.52. The molecule has 0 atom stereocenters. The van der Waals surface area contributed by atoms with Crippen LogP contribution in [0.2, 0.25) is 5.02 Å². The lowest BCUT2D eigenvalue weighted by molar-refractivity contribution is 0.602. The van der Waals surface area contributed by atoms with Crippen molar-refractivity contribution in [2.24, 2.45) is 7.05 Å². The molecule has 0 fully saturated rings. The van der Waals surface area contributed by atoms with E-state index >= 15 is 0 Å². The summed E-state index contributed by atoms with van der Waals surface area (Å²) in [4.78, 5) is 24.8. The number of sulfonamides is 1. The van der Waals surface area contributed by atoms with Gasteiger partial charge in [0.15, 0.2) is 0 Å². The third kappa shape index (κ3) is 3.22. The monoisotopic (exact) mass is 375 g/mol. The Morgan fingerprint density at radius 2 is 1.79 bits per heavy atom. The second-order valence-electron chi connectivity index (χ2n) is 5.35. The Morgan fingerprint density at radius 3 is 2.33 bits per heavy atom. The molecule has 0 saturated heterocycles. The molecule has 1 aromatic heterocycles. The van der Waals surface area contributed by atoms with Gasteiger partial charge in [-0.1, -0.05) is 11.6 Å². The summed E-state index contributed by atoms with van der Waals surface area (Å²) in [5.41, 5.74) is -1.26. The minimum absolute atomic E-state index is 0.136. The molecule has 24 heavy (non-hydrogen) atoms. The number of benzene rings is 1. The summed E-state index contributed by atoms with van der Waals surface area (Å²) >= 11 is 5.82. The summed E-state index contributed by atoms with van der Waals surface area (Å²) in [7, 11) is -2.23. The number of aromatic nitrogens is 2. The largest absolute Gasteiger partial charge is 0.335 e. The summed E-state index contributed by atoms with van der Waals surface area (Å²) in [5.74, 6) is -0.929. The Labute approximate surface area is 142 Å². The van der Waals surface area contributed by atoms with Gasteiger partial charge in [0.2, 0.25) is 10.0 Å². The van der Waals surface area contributed by atoms with Gasteiger partial charge in [-0.25, -0.2) is 22.2 Å². The van der Waals surface area contributed by atoms with Gasteiger partial charge in [0, 0.05) is 18.3 Å². The number of hydrogen-bond acceptors (Lipinski definition) is 4. The molecule has 0 spiro atoms. The Balaban J connectivity index is 2.87. The van der Waals surface area contributed by atoms with E-state index in [1.807, 2.05) is 0 Å². The highest BCUT2D eigenvalue weighted by Gasteiger charge is 2.18. The Kier molecular flexibility index (Phi) is 4.60. The lowest BCUT2D eigenvalue weighted by Gasteiger charge is -2.14. The predicted octanol–water partition coefficient (Wildman–Crippen LogP) is 1.32. The number of anilines is 1. The smallest absolute Gasteiger partial charge is 0.300 e. The fourth-order valence-corrected chi connectivity index (χ4v) is 2.98. The maximum atomic E-state index is 14.3. The minimum Gasteiger partial charge on any atom is -0.300 e. The molecule has 2 aromatic rings. The van der Waals surface area contributed by atoms with E-state index < -0.39 is 27.1 Å². The molecule has 130 valence electrons. The third-order valence-electron chi connectivity index (χ3n) is 3.62. The van der Waals surface area contributed by atoms with E-state index in [0.29, 0.717) is 10.3 Å². The average molecular weight is 376 g/mol. The van der Waals surface area contributed by atoms with Crippen molar-refractivity contribution in [3.8, 4) is 5.69 Å². The average Bonchev–Trinajstić information content (AvgIpc) is 2.46. The van der Waals surface area contributed by atoms with Gasteiger partial charge >= 0.3 is 5.69 Å². The number of hydrogen-bond donors (Lipinski definition) is 1. The van der Waals surface area contributed by atoms with E-state index in [-0.39, 0.29) is 22.0 Å². The van der Waals surface area contributed by atoms with Crippen molar-refractivity contribution < 1.29 is 12.8 Å². The first kappa shape index (κ1) is 18.2. The fraction of sp³-hybridized carbons (Fsp3) is 0.286. The zero-order valence-corrected chi connectivity index (χ0v) is 14.9. The standard InChI is InChI=1S/C14H15ClFN3O4S/c1-7-8(2)18(3)14(21)19(13(7)20)12-6-11(17-24(4,22)23)9(15)5-10(12)16/h5-6,17H,1-4H3. The van der Waals surface area contributed by atoms with E-state index in [4.69, 9.17) is 11.6 Å². The van der Waals surface area contributed by atoms with Crippen LogP contribution in [-0.2, 0) is 17.1 Å². The highest BCUT2D eigenvalue weighted by molar-refractivity contribution is 7.92. The van der Waals surface area contributed by atoms with Crippen LogP contribution in [0.1, 0.15) is 11.3 Å². The van der Waals surface area contributed by atoms with Crippen molar-refractivity contribution in [1.82, 2.24) is 9.13 Å². The van der Waals surface area contributed by atoms with Crippen LogP contribution in [0.25, 0.3) is 5.69 Å². The molecule has 0 bridgehead atoms. The highest BCUT2D eigenvalue weighted by atomic mass is 35.5. The molecule has 0 aliphatic carbocycles. The van der Waals surface area contributed by atoms with Gasteiger partial charge in [0.05, 0.1) is 22.7 Å². The van der Waals surface area contributed by atoms with E-state index in [9.17, 15) is 22.4 Å². The van der Waals surface area contributed by atoms with Crippen LogP contribution >= 0.6 is 11.6 Å². The van der Waals surface area contributed by atoms with Crippen molar-refractivity contribution in [2.75, 3.05) is 11.0 Å². The molecule has 1 aromatic carbocycles. The van der Waals surface area contributed by atoms with Gasteiger partial charge in [-0.15, -0.1) is 0 Å². The van der Waals surface area contributed by atoms with Gasteiger partial charge < -0.3 is 4.57 Å². The van der Waals surface area contributed by atoms with Crippen molar-refractivity contribution in [3.05, 3.63) is 55.1 Å². The summed E-state index contributed by atoms with van der Waals surface area (Å²) in [6.07, 6.45) is 0.896. The quantitative estimate of drug-likeness (QED) is 0.876. The first-order chi connectivity index (χ1) is 10.9. The van der Waals surface area contributed by atoms with Gasteiger partial charge in [0.25, 0.3) is 5.56 Å². The van der Waals surface area contributed by atoms with Gasteiger partial charge in [0.1, 0.15) is 5.82 Å². The number of rotatable bonds is 3. The molecular weight excluding hydrogens is 361 g/mol. The van der Waals surface area contributed by atoms with Crippen LogP contribution in [0.5, 0.6) is 0 Å². The van der Waals surface area contributed by atoms with Crippen LogP contribution in [-0.4, -0.2) is 23.8 Å².